The predicted molar refractivity (Wildman–Crippen MR) is 93.5 cm³/mol. The third-order valence-corrected chi connectivity index (χ3v) is 4.42. The van der Waals surface area contributed by atoms with E-state index in [-0.39, 0.29) is 12.0 Å². The number of hydrogen-bond donors (Lipinski definition) is 1. The van der Waals surface area contributed by atoms with Gasteiger partial charge in [0.2, 0.25) is 0 Å². The van der Waals surface area contributed by atoms with Gasteiger partial charge in [-0.3, -0.25) is 4.79 Å². The molecule has 1 amide bonds. The van der Waals surface area contributed by atoms with Crippen molar-refractivity contribution in [2.75, 3.05) is 13.2 Å². The third kappa shape index (κ3) is 3.40. The summed E-state index contributed by atoms with van der Waals surface area (Å²) >= 11 is 0. The van der Waals surface area contributed by atoms with Gasteiger partial charge < -0.3 is 19.5 Å². The molecule has 2 aliphatic heterocycles. The van der Waals surface area contributed by atoms with Crippen LogP contribution in [0.15, 0.2) is 36.4 Å². The molecule has 25 heavy (non-hydrogen) atoms. The van der Waals surface area contributed by atoms with Crippen LogP contribution in [0.2, 0.25) is 0 Å². The van der Waals surface area contributed by atoms with Crippen molar-refractivity contribution in [3.63, 3.8) is 0 Å². The summed E-state index contributed by atoms with van der Waals surface area (Å²) in [7, 11) is 0. The predicted octanol–water partition coefficient (Wildman–Crippen LogP) is 3.10. The van der Waals surface area contributed by atoms with Crippen LogP contribution in [0.4, 0.5) is 0 Å². The number of benzene rings is 2. The summed E-state index contributed by atoms with van der Waals surface area (Å²) in [6.07, 6.45) is 1.90. The van der Waals surface area contributed by atoms with Gasteiger partial charge in [0.1, 0.15) is 11.9 Å². The lowest BCUT2D eigenvalue weighted by molar-refractivity contribution is 0.0951. The SMILES string of the molecule is C[C@@H]1Cc2cc(C(=O)NCc3ccc4c(c3)OCCCO4)ccc2O1. The summed E-state index contributed by atoms with van der Waals surface area (Å²) in [6, 6.07) is 11.4. The van der Waals surface area contributed by atoms with Crippen LogP contribution in [0.3, 0.4) is 0 Å². The smallest absolute Gasteiger partial charge is 0.251 e. The average molecular weight is 339 g/mol. The number of nitrogens with one attached hydrogen (secondary N) is 1. The number of hydrogen-bond acceptors (Lipinski definition) is 4. The fraction of sp³-hybridized carbons (Fsp3) is 0.350. The van der Waals surface area contributed by atoms with Crippen molar-refractivity contribution in [1.29, 1.82) is 0 Å². The van der Waals surface area contributed by atoms with Gasteiger partial charge in [0.15, 0.2) is 11.5 Å². The maximum absolute atomic E-state index is 12.4. The summed E-state index contributed by atoms with van der Waals surface area (Å²) in [5, 5.41) is 2.96. The average Bonchev–Trinajstić information content (AvgIpc) is 2.83. The van der Waals surface area contributed by atoms with Crippen LogP contribution < -0.4 is 19.5 Å². The van der Waals surface area contributed by atoms with E-state index in [0.717, 1.165) is 41.2 Å². The van der Waals surface area contributed by atoms with E-state index in [0.29, 0.717) is 25.3 Å². The second-order valence-corrected chi connectivity index (χ2v) is 6.47. The summed E-state index contributed by atoms with van der Waals surface area (Å²) in [5.74, 6) is 2.30. The van der Waals surface area contributed by atoms with E-state index in [9.17, 15) is 4.79 Å². The van der Waals surface area contributed by atoms with Crippen molar-refractivity contribution in [1.82, 2.24) is 5.32 Å². The summed E-state index contributed by atoms with van der Waals surface area (Å²) in [5.41, 5.74) is 2.73. The Kier molecular flexibility index (Phi) is 4.22. The number of carbonyl (C=O) groups is 1. The Morgan fingerprint density at radius 1 is 1.08 bits per heavy atom. The van der Waals surface area contributed by atoms with Crippen LogP contribution in [0.1, 0.15) is 34.8 Å². The first-order chi connectivity index (χ1) is 12.2. The summed E-state index contributed by atoms with van der Waals surface area (Å²) in [6.45, 7) is 3.80. The van der Waals surface area contributed by atoms with E-state index in [1.54, 1.807) is 6.07 Å². The molecule has 5 heteroatoms. The molecule has 0 aliphatic carbocycles. The zero-order valence-corrected chi connectivity index (χ0v) is 14.2. The molecule has 5 nitrogen and oxygen atoms in total. The molecule has 4 rings (SSSR count). The first-order valence-corrected chi connectivity index (χ1v) is 8.65. The Bertz CT molecular complexity index is 802. The summed E-state index contributed by atoms with van der Waals surface area (Å²) < 4.78 is 17.0. The lowest BCUT2D eigenvalue weighted by Crippen LogP contribution is -2.22. The Balaban J connectivity index is 1.42. The van der Waals surface area contributed by atoms with E-state index < -0.39 is 0 Å². The van der Waals surface area contributed by atoms with Crippen molar-refractivity contribution in [3.05, 3.63) is 53.1 Å². The molecule has 0 aromatic heterocycles. The van der Waals surface area contributed by atoms with Crippen molar-refractivity contribution in [3.8, 4) is 17.2 Å². The van der Waals surface area contributed by atoms with Gasteiger partial charge in [0.05, 0.1) is 13.2 Å². The second-order valence-electron chi connectivity index (χ2n) is 6.47. The zero-order chi connectivity index (χ0) is 17.2. The molecule has 2 aromatic carbocycles. The number of amides is 1. The molecule has 2 heterocycles. The second kappa shape index (κ2) is 6.67. The molecule has 1 atom stereocenters. The molecular formula is C20H21NO4. The molecule has 2 aromatic rings. The highest BCUT2D eigenvalue weighted by molar-refractivity contribution is 5.94. The maximum atomic E-state index is 12.4. The van der Waals surface area contributed by atoms with Crippen LogP contribution in [0, 0.1) is 0 Å². The van der Waals surface area contributed by atoms with E-state index in [2.05, 4.69) is 5.32 Å². The van der Waals surface area contributed by atoms with Gasteiger partial charge in [0.25, 0.3) is 5.91 Å². The van der Waals surface area contributed by atoms with Crippen molar-refractivity contribution in [2.45, 2.75) is 32.4 Å². The molecule has 1 N–H and O–H groups in total. The monoisotopic (exact) mass is 339 g/mol. The van der Waals surface area contributed by atoms with E-state index in [1.807, 2.05) is 37.3 Å². The Morgan fingerprint density at radius 3 is 2.76 bits per heavy atom. The Hall–Kier alpha value is -2.69. The minimum absolute atomic E-state index is 0.0885. The van der Waals surface area contributed by atoms with Crippen molar-refractivity contribution < 1.29 is 19.0 Å². The molecule has 0 saturated heterocycles. The molecule has 2 aliphatic rings. The van der Waals surface area contributed by atoms with Gasteiger partial charge in [-0.25, -0.2) is 0 Å². The van der Waals surface area contributed by atoms with Gasteiger partial charge in [-0.2, -0.15) is 0 Å². The Labute approximate surface area is 146 Å². The lowest BCUT2D eigenvalue weighted by Gasteiger charge is -2.10. The number of rotatable bonds is 3. The summed E-state index contributed by atoms with van der Waals surface area (Å²) in [4.78, 5) is 12.4. The molecule has 0 unspecified atom stereocenters. The van der Waals surface area contributed by atoms with Gasteiger partial charge in [-0.1, -0.05) is 6.07 Å². The molecule has 0 saturated carbocycles. The lowest BCUT2D eigenvalue weighted by atomic mass is 10.1. The first kappa shape index (κ1) is 15.8. The highest BCUT2D eigenvalue weighted by Gasteiger charge is 2.20. The minimum atomic E-state index is -0.0885. The van der Waals surface area contributed by atoms with E-state index >= 15 is 0 Å². The van der Waals surface area contributed by atoms with Crippen LogP contribution in [-0.2, 0) is 13.0 Å². The minimum Gasteiger partial charge on any atom is -0.490 e. The van der Waals surface area contributed by atoms with Gasteiger partial charge in [-0.15, -0.1) is 0 Å². The standard InChI is InChI=1S/C20H21NO4/c1-13-9-16-11-15(4-6-17(16)25-13)20(22)21-12-14-3-5-18-19(10-14)24-8-2-7-23-18/h3-6,10-11,13H,2,7-9,12H2,1H3,(H,21,22)/t13-/m1/s1. The quantitative estimate of drug-likeness (QED) is 0.934. The van der Waals surface area contributed by atoms with Crippen LogP contribution in [-0.4, -0.2) is 25.2 Å². The number of ether oxygens (including phenoxy) is 3. The van der Waals surface area contributed by atoms with Crippen LogP contribution in [0.25, 0.3) is 0 Å². The van der Waals surface area contributed by atoms with Crippen LogP contribution in [0.5, 0.6) is 17.2 Å². The molecule has 0 bridgehead atoms. The number of fused-ring (bicyclic) bond motifs is 2. The van der Waals surface area contributed by atoms with Gasteiger partial charge >= 0.3 is 0 Å². The fourth-order valence-electron chi connectivity index (χ4n) is 3.17. The Morgan fingerprint density at radius 2 is 1.88 bits per heavy atom. The molecular weight excluding hydrogens is 318 g/mol. The number of carbonyl (C=O) groups excluding carboxylic acids is 1. The highest BCUT2D eigenvalue weighted by Crippen LogP contribution is 2.31. The molecule has 130 valence electrons. The van der Waals surface area contributed by atoms with Crippen LogP contribution >= 0.6 is 0 Å². The largest absolute Gasteiger partial charge is 0.490 e. The van der Waals surface area contributed by atoms with Crippen molar-refractivity contribution in [2.24, 2.45) is 0 Å². The van der Waals surface area contributed by atoms with Gasteiger partial charge in [-0.05, 0) is 48.4 Å². The molecule has 0 fully saturated rings. The van der Waals surface area contributed by atoms with Crippen molar-refractivity contribution >= 4 is 5.91 Å². The topological polar surface area (TPSA) is 56.8 Å². The van der Waals surface area contributed by atoms with E-state index in [4.69, 9.17) is 14.2 Å². The van der Waals surface area contributed by atoms with E-state index in [1.165, 1.54) is 0 Å². The zero-order valence-electron chi connectivity index (χ0n) is 14.2. The maximum Gasteiger partial charge on any atom is 0.251 e. The third-order valence-electron chi connectivity index (χ3n) is 4.42. The molecule has 0 radical (unpaired) electrons. The normalized spacial score (nSPS) is 18.0. The van der Waals surface area contributed by atoms with Gasteiger partial charge in [0, 0.05) is 24.9 Å². The first-order valence-electron chi connectivity index (χ1n) is 8.65. The highest BCUT2D eigenvalue weighted by atomic mass is 16.5. The fourth-order valence-corrected chi connectivity index (χ4v) is 3.17. The molecule has 0 spiro atoms.